The number of anilines is 1. The molecule has 1 aromatic heterocycles. The smallest absolute Gasteiger partial charge is 0.289 e. The molecule has 2 aromatic carbocycles. The Labute approximate surface area is 225 Å². The van der Waals surface area contributed by atoms with Crippen LogP contribution in [0.2, 0.25) is 0 Å². The van der Waals surface area contributed by atoms with Gasteiger partial charge in [0.1, 0.15) is 0 Å². The van der Waals surface area contributed by atoms with Crippen molar-refractivity contribution >= 4 is 23.2 Å². The number of nitro groups is 1. The third kappa shape index (κ3) is 5.25. The van der Waals surface area contributed by atoms with E-state index in [1.54, 1.807) is 43.4 Å². The number of furan rings is 1. The van der Waals surface area contributed by atoms with Crippen LogP contribution in [0.15, 0.2) is 59.2 Å². The highest BCUT2D eigenvalue weighted by molar-refractivity contribution is 5.92. The van der Waals surface area contributed by atoms with Crippen LogP contribution >= 0.6 is 0 Å². The Morgan fingerprint density at radius 3 is 2.64 bits per heavy atom. The number of nitro benzene ring substituents is 1. The summed E-state index contributed by atoms with van der Waals surface area (Å²) in [4.78, 5) is 41.4. The summed E-state index contributed by atoms with van der Waals surface area (Å²) in [7, 11) is 3.15. The summed E-state index contributed by atoms with van der Waals surface area (Å²) in [6, 6.07) is 13.4. The molecule has 0 aliphatic carbocycles. The molecule has 204 valence electrons. The van der Waals surface area contributed by atoms with Gasteiger partial charge >= 0.3 is 0 Å². The average Bonchev–Trinajstić information content (AvgIpc) is 3.50. The van der Waals surface area contributed by atoms with Crippen LogP contribution in [0.5, 0.6) is 11.5 Å². The standard InChI is InChI=1S/C28H30N4O7/c1-37-24-8-5-18(14-26(24)38-2)9-10-29-27(33)21-16-19-15-20(32(35)36)6-7-22(19)31-12-11-30(17-23(21)31)28(34)25-4-3-13-39-25/h3-8,13-15,21,23H,9-12,16-17H2,1-2H3,(H,29,33). The molecule has 5 rings (SSSR count). The zero-order valence-corrected chi connectivity index (χ0v) is 21.8. The molecule has 1 saturated heterocycles. The first-order valence-electron chi connectivity index (χ1n) is 12.7. The summed E-state index contributed by atoms with van der Waals surface area (Å²) in [6.45, 7) is 1.68. The molecule has 0 spiro atoms. The van der Waals surface area contributed by atoms with Gasteiger partial charge < -0.3 is 29.0 Å². The Morgan fingerprint density at radius 2 is 1.92 bits per heavy atom. The summed E-state index contributed by atoms with van der Waals surface area (Å²) >= 11 is 0. The third-order valence-corrected chi connectivity index (χ3v) is 7.42. The van der Waals surface area contributed by atoms with Crippen LogP contribution in [0.1, 0.15) is 21.7 Å². The number of nitrogens with one attached hydrogen (secondary N) is 1. The predicted molar refractivity (Wildman–Crippen MR) is 142 cm³/mol. The van der Waals surface area contributed by atoms with Crippen LogP contribution in [-0.4, -0.2) is 68.1 Å². The van der Waals surface area contributed by atoms with Gasteiger partial charge in [0, 0.05) is 44.0 Å². The van der Waals surface area contributed by atoms with E-state index in [4.69, 9.17) is 13.9 Å². The largest absolute Gasteiger partial charge is 0.493 e. The second-order valence-electron chi connectivity index (χ2n) is 9.60. The second kappa shape index (κ2) is 11.1. The second-order valence-corrected chi connectivity index (χ2v) is 9.60. The Bertz CT molecular complexity index is 1370. The molecule has 3 aromatic rings. The SMILES string of the molecule is COc1ccc(CCNC(=O)C2Cc3cc([N+](=O)[O-])ccc3N3CCN(C(=O)c4ccco4)CC23)cc1OC. The molecule has 1 N–H and O–H groups in total. The van der Waals surface area contributed by atoms with Crippen molar-refractivity contribution in [1.82, 2.24) is 10.2 Å². The van der Waals surface area contributed by atoms with Crippen LogP contribution < -0.4 is 19.7 Å². The molecule has 3 heterocycles. The number of methoxy groups -OCH3 is 2. The first-order chi connectivity index (χ1) is 18.9. The van der Waals surface area contributed by atoms with Gasteiger partial charge in [0.15, 0.2) is 17.3 Å². The molecule has 2 unspecified atom stereocenters. The number of fused-ring (bicyclic) bond motifs is 3. The molecule has 2 amide bonds. The Morgan fingerprint density at radius 1 is 1.10 bits per heavy atom. The highest BCUT2D eigenvalue weighted by Crippen LogP contribution is 2.38. The van der Waals surface area contributed by atoms with Crippen molar-refractivity contribution in [2.75, 3.05) is 45.3 Å². The van der Waals surface area contributed by atoms with Crippen LogP contribution in [0.25, 0.3) is 0 Å². The molecule has 2 atom stereocenters. The minimum absolute atomic E-state index is 0.00792. The zero-order valence-electron chi connectivity index (χ0n) is 21.8. The van der Waals surface area contributed by atoms with Crippen LogP contribution in [0.3, 0.4) is 0 Å². The summed E-state index contributed by atoms with van der Waals surface area (Å²) < 4.78 is 16.0. The van der Waals surface area contributed by atoms with E-state index in [9.17, 15) is 19.7 Å². The number of carbonyl (C=O) groups is 2. The number of ether oxygens (including phenoxy) is 2. The quantitative estimate of drug-likeness (QED) is 0.345. The highest BCUT2D eigenvalue weighted by Gasteiger charge is 2.43. The number of benzene rings is 2. The Kier molecular flexibility index (Phi) is 7.40. The fraction of sp³-hybridized carbons (Fsp3) is 0.357. The lowest BCUT2D eigenvalue weighted by Gasteiger charge is -2.48. The van der Waals surface area contributed by atoms with Gasteiger partial charge in [-0.15, -0.1) is 0 Å². The molecular weight excluding hydrogens is 504 g/mol. The summed E-state index contributed by atoms with van der Waals surface area (Å²) in [5.41, 5.74) is 2.59. The van der Waals surface area contributed by atoms with E-state index in [1.165, 1.54) is 12.3 Å². The summed E-state index contributed by atoms with van der Waals surface area (Å²) in [5, 5.41) is 14.5. The number of nitrogens with zero attached hydrogens (tertiary/aromatic N) is 3. The number of piperazine rings is 1. The molecule has 11 heteroatoms. The van der Waals surface area contributed by atoms with Gasteiger partial charge in [-0.05, 0) is 54.3 Å². The normalized spacial score (nSPS) is 18.1. The fourth-order valence-corrected chi connectivity index (χ4v) is 5.46. The van der Waals surface area contributed by atoms with E-state index in [1.807, 2.05) is 18.2 Å². The van der Waals surface area contributed by atoms with E-state index in [2.05, 4.69) is 10.2 Å². The van der Waals surface area contributed by atoms with Crippen LogP contribution in [-0.2, 0) is 17.6 Å². The minimum Gasteiger partial charge on any atom is -0.493 e. The maximum atomic E-state index is 13.6. The molecule has 2 aliphatic heterocycles. The van der Waals surface area contributed by atoms with Gasteiger partial charge in [-0.25, -0.2) is 0 Å². The van der Waals surface area contributed by atoms with E-state index in [-0.39, 0.29) is 29.3 Å². The lowest BCUT2D eigenvalue weighted by molar-refractivity contribution is -0.384. The predicted octanol–water partition coefficient (Wildman–Crippen LogP) is 3.07. The molecule has 39 heavy (non-hydrogen) atoms. The van der Waals surface area contributed by atoms with E-state index < -0.39 is 10.8 Å². The Hall–Kier alpha value is -4.54. The van der Waals surface area contributed by atoms with Gasteiger partial charge in [-0.3, -0.25) is 19.7 Å². The van der Waals surface area contributed by atoms with Crippen molar-refractivity contribution < 1.29 is 28.4 Å². The number of rotatable bonds is 8. The van der Waals surface area contributed by atoms with Crippen molar-refractivity contribution in [3.63, 3.8) is 0 Å². The lowest BCUT2D eigenvalue weighted by atomic mass is 9.83. The molecule has 1 fully saturated rings. The Balaban J connectivity index is 1.35. The van der Waals surface area contributed by atoms with Gasteiger partial charge in [0.2, 0.25) is 5.91 Å². The molecule has 0 bridgehead atoms. The number of carbonyl (C=O) groups excluding carboxylic acids is 2. The lowest BCUT2D eigenvalue weighted by Crippen LogP contribution is -2.62. The van der Waals surface area contributed by atoms with E-state index >= 15 is 0 Å². The molecule has 11 nitrogen and oxygen atoms in total. The van der Waals surface area contributed by atoms with Crippen molar-refractivity contribution in [2.24, 2.45) is 5.92 Å². The first-order valence-corrected chi connectivity index (χ1v) is 12.7. The van der Waals surface area contributed by atoms with Crippen molar-refractivity contribution in [2.45, 2.75) is 18.9 Å². The maximum absolute atomic E-state index is 13.6. The van der Waals surface area contributed by atoms with Crippen LogP contribution in [0, 0.1) is 16.0 Å². The zero-order chi connectivity index (χ0) is 27.5. The fourth-order valence-electron chi connectivity index (χ4n) is 5.46. The summed E-state index contributed by atoms with van der Waals surface area (Å²) in [6.07, 6.45) is 2.38. The minimum atomic E-state index is -0.503. The first kappa shape index (κ1) is 26.1. The number of non-ortho nitro benzene ring substituents is 1. The maximum Gasteiger partial charge on any atom is 0.289 e. The van der Waals surface area contributed by atoms with Gasteiger partial charge in [0.25, 0.3) is 11.6 Å². The third-order valence-electron chi connectivity index (χ3n) is 7.42. The number of hydrogen-bond acceptors (Lipinski definition) is 8. The number of hydrogen-bond donors (Lipinski definition) is 1. The topological polar surface area (TPSA) is 127 Å². The van der Waals surface area contributed by atoms with Crippen molar-refractivity contribution in [3.05, 3.63) is 81.8 Å². The monoisotopic (exact) mass is 534 g/mol. The van der Waals surface area contributed by atoms with Gasteiger partial charge in [0.05, 0.1) is 37.4 Å². The average molecular weight is 535 g/mol. The molecular formula is C28H30N4O7. The van der Waals surface area contributed by atoms with E-state index in [0.29, 0.717) is 50.5 Å². The molecule has 2 aliphatic rings. The number of amides is 2. The van der Waals surface area contributed by atoms with Crippen molar-refractivity contribution in [3.8, 4) is 11.5 Å². The van der Waals surface area contributed by atoms with Crippen LogP contribution in [0.4, 0.5) is 11.4 Å². The van der Waals surface area contributed by atoms with Gasteiger partial charge in [-0.1, -0.05) is 6.07 Å². The van der Waals surface area contributed by atoms with Crippen molar-refractivity contribution in [1.29, 1.82) is 0 Å². The highest BCUT2D eigenvalue weighted by atomic mass is 16.6. The van der Waals surface area contributed by atoms with E-state index in [0.717, 1.165) is 16.8 Å². The molecule has 0 radical (unpaired) electrons. The molecule has 0 saturated carbocycles. The summed E-state index contributed by atoms with van der Waals surface area (Å²) in [5.74, 6) is 0.622. The van der Waals surface area contributed by atoms with Gasteiger partial charge in [-0.2, -0.15) is 0 Å².